The van der Waals surface area contributed by atoms with Gasteiger partial charge >= 0.3 is 0 Å². The fraction of sp³-hybridized carbons (Fsp3) is 0.500. The Kier molecular flexibility index (Phi) is 6.85. The summed E-state index contributed by atoms with van der Waals surface area (Å²) in [4.78, 5) is 7.60. The molecular weight excluding hydrogens is 298 g/mol. The van der Waals surface area contributed by atoms with E-state index in [-0.39, 0.29) is 0 Å². The molecule has 1 atom stereocenters. The monoisotopic (exact) mass is 328 g/mol. The van der Waals surface area contributed by atoms with E-state index in [9.17, 15) is 0 Å². The molecule has 0 saturated carbocycles. The van der Waals surface area contributed by atoms with Gasteiger partial charge in [-0.25, -0.2) is 4.98 Å². The molecule has 0 amide bonds. The molecule has 0 bridgehead atoms. The minimum atomic E-state index is -0.710. The average Bonchev–Trinajstić information content (AvgIpc) is 3.05. The maximum Gasteiger partial charge on any atom is 0.126 e. The van der Waals surface area contributed by atoms with Gasteiger partial charge in [-0.1, -0.05) is 39.0 Å². The van der Waals surface area contributed by atoms with E-state index in [4.69, 9.17) is 10.5 Å². The molecule has 0 fully saturated rings. The first-order valence-electron chi connectivity index (χ1n) is 8.94. The zero-order valence-corrected chi connectivity index (χ0v) is 15.0. The molecule has 131 valence electrons. The molecule has 1 aromatic carbocycles. The molecule has 2 aromatic rings. The minimum absolute atomic E-state index is 0.681. The van der Waals surface area contributed by atoms with E-state index in [0.717, 1.165) is 30.0 Å². The lowest BCUT2D eigenvalue weighted by atomic mass is 10.1. The van der Waals surface area contributed by atoms with E-state index in [2.05, 4.69) is 23.8 Å². The number of hydrogen-bond donors (Lipinski definition) is 2. The Morgan fingerprint density at radius 2 is 1.79 bits per heavy atom. The van der Waals surface area contributed by atoms with Crippen molar-refractivity contribution >= 4 is 0 Å². The number of H-pyrrole nitrogens is 1. The van der Waals surface area contributed by atoms with Crippen LogP contribution in [0.15, 0.2) is 30.5 Å². The number of aromatic amines is 1. The topological polar surface area (TPSA) is 63.9 Å². The van der Waals surface area contributed by atoms with Crippen molar-refractivity contribution in [2.45, 2.75) is 57.9 Å². The molecule has 0 spiro atoms. The van der Waals surface area contributed by atoms with Crippen LogP contribution < -0.4 is 10.5 Å². The lowest BCUT2D eigenvalue weighted by molar-refractivity contribution is 0.304. The van der Waals surface area contributed by atoms with Gasteiger partial charge in [0.2, 0.25) is 0 Å². The van der Waals surface area contributed by atoms with Gasteiger partial charge in [0.25, 0.3) is 0 Å². The largest absolute Gasteiger partial charge is 0.494 e. The summed E-state index contributed by atoms with van der Waals surface area (Å²) >= 11 is 0. The van der Waals surface area contributed by atoms with E-state index in [1.165, 1.54) is 32.1 Å². The van der Waals surface area contributed by atoms with Crippen molar-refractivity contribution in [2.75, 3.05) is 6.61 Å². The van der Waals surface area contributed by atoms with Gasteiger partial charge in [-0.3, -0.25) is 0 Å². The number of benzene rings is 1. The summed E-state index contributed by atoms with van der Waals surface area (Å²) in [6, 6.07) is 8.03. The third-order valence-corrected chi connectivity index (χ3v) is 4.04. The Hall–Kier alpha value is -1.81. The second-order valence-electron chi connectivity index (χ2n) is 6.69. The predicted octanol–water partition coefficient (Wildman–Crippen LogP) is 4.82. The molecule has 0 saturated heterocycles. The summed E-state index contributed by atoms with van der Waals surface area (Å²) < 4.78 is 5.80. The van der Waals surface area contributed by atoms with Gasteiger partial charge in [0.1, 0.15) is 11.6 Å². The van der Waals surface area contributed by atoms with Crippen LogP contribution in [-0.2, 0) is 5.54 Å². The molecule has 0 aliphatic carbocycles. The lowest BCUT2D eigenvalue weighted by Gasteiger charge is -2.13. The Morgan fingerprint density at radius 3 is 2.42 bits per heavy atom. The molecule has 1 heterocycles. The summed E-state index contributed by atoms with van der Waals surface area (Å²) in [6.07, 6.45) is 9.51. The van der Waals surface area contributed by atoms with Crippen molar-refractivity contribution in [3.8, 4) is 17.0 Å². The molecule has 0 aliphatic rings. The van der Waals surface area contributed by atoms with Crippen LogP contribution in [0.2, 0.25) is 0 Å². The minimum Gasteiger partial charge on any atom is -0.494 e. The van der Waals surface area contributed by atoms with Crippen LogP contribution in [0.3, 0.4) is 0 Å². The van der Waals surface area contributed by atoms with Crippen molar-refractivity contribution in [2.24, 2.45) is 5.73 Å². The number of imidazole rings is 1. The first kappa shape index (κ1) is 18.5. The number of ether oxygens (including phenoxy) is 1. The molecular formula is C20H30N3O. The van der Waals surface area contributed by atoms with Gasteiger partial charge in [-0.15, -0.1) is 0 Å². The number of hydrogen-bond acceptors (Lipinski definition) is 3. The van der Waals surface area contributed by atoms with Crippen LogP contribution in [0, 0.1) is 6.92 Å². The second kappa shape index (κ2) is 8.88. The number of nitrogens with two attached hydrogens (primary N) is 1. The summed E-state index contributed by atoms with van der Waals surface area (Å²) in [5.41, 5.74) is 7.15. The third kappa shape index (κ3) is 5.68. The second-order valence-corrected chi connectivity index (χ2v) is 6.69. The van der Waals surface area contributed by atoms with Gasteiger partial charge in [-0.2, -0.15) is 0 Å². The standard InChI is InChI=1S/C20H30N3O/c1-4-5-6-7-8-9-14-24-17-12-10-16(11-13-17)18-15-22-19(23-18)20(2,3)21/h10-13,15H,2,4-9,14,21H2,1,3H3,(H,22,23)/t20-/m1/s1. The zero-order chi connectivity index (χ0) is 17.4. The fourth-order valence-corrected chi connectivity index (χ4v) is 2.56. The molecule has 0 unspecified atom stereocenters. The van der Waals surface area contributed by atoms with Gasteiger partial charge in [0.05, 0.1) is 17.8 Å². The highest BCUT2D eigenvalue weighted by molar-refractivity contribution is 5.59. The fourth-order valence-electron chi connectivity index (χ4n) is 2.56. The van der Waals surface area contributed by atoms with Gasteiger partial charge in [0.15, 0.2) is 0 Å². The summed E-state index contributed by atoms with van der Waals surface area (Å²) in [5, 5.41) is 0. The number of unbranched alkanes of at least 4 members (excludes halogenated alkanes) is 5. The highest BCUT2D eigenvalue weighted by Crippen LogP contribution is 2.23. The summed E-state index contributed by atoms with van der Waals surface area (Å²) in [5.74, 6) is 1.59. The zero-order valence-electron chi connectivity index (χ0n) is 15.0. The Morgan fingerprint density at radius 1 is 1.12 bits per heavy atom. The first-order chi connectivity index (χ1) is 11.5. The van der Waals surface area contributed by atoms with Gasteiger partial charge in [0, 0.05) is 11.8 Å². The van der Waals surface area contributed by atoms with Crippen LogP contribution in [0.4, 0.5) is 0 Å². The van der Waals surface area contributed by atoms with Crippen molar-refractivity contribution < 1.29 is 4.74 Å². The molecule has 4 heteroatoms. The normalized spacial score (nSPS) is 11.7. The van der Waals surface area contributed by atoms with Crippen LogP contribution in [0.5, 0.6) is 5.75 Å². The molecule has 24 heavy (non-hydrogen) atoms. The maximum absolute atomic E-state index is 5.95. The quantitative estimate of drug-likeness (QED) is 0.614. The van der Waals surface area contributed by atoms with Crippen LogP contribution in [-0.4, -0.2) is 16.6 Å². The molecule has 0 aliphatic heterocycles. The molecule has 2 rings (SSSR count). The number of nitrogens with zero attached hydrogens (tertiary/aromatic N) is 1. The number of nitrogens with one attached hydrogen (secondary N) is 1. The molecule has 1 aromatic heterocycles. The SMILES string of the molecule is [CH2][C@](C)(N)c1nc(-c2ccc(OCCCCCCCC)cc2)c[nH]1. The van der Waals surface area contributed by atoms with Gasteiger partial charge in [-0.05, 0) is 44.5 Å². The highest BCUT2D eigenvalue weighted by Gasteiger charge is 2.18. The predicted molar refractivity (Wildman–Crippen MR) is 99.8 cm³/mol. The van der Waals surface area contributed by atoms with Crippen molar-refractivity contribution in [1.82, 2.24) is 9.97 Å². The van der Waals surface area contributed by atoms with E-state index >= 15 is 0 Å². The first-order valence-corrected chi connectivity index (χ1v) is 8.94. The van der Waals surface area contributed by atoms with E-state index in [1.807, 2.05) is 37.4 Å². The Balaban J connectivity index is 1.79. The summed E-state index contributed by atoms with van der Waals surface area (Å²) in [7, 11) is 0. The highest BCUT2D eigenvalue weighted by atomic mass is 16.5. The van der Waals surface area contributed by atoms with Crippen LogP contribution in [0.1, 0.15) is 58.2 Å². The lowest BCUT2D eigenvalue weighted by Crippen LogP contribution is -2.30. The average molecular weight is 328 g/mol. The third-order valence-electron chi connectivity index (χ3n) is 4.04. The van der Waals surface area contributed by atoms with E-state index in [0.29, 0.717) is 5.82 Å². The van der Waals surface area contributed by atoms with E-state index in [1.54, 1.807) is 0 Å². The number of aromatic nitrogens is 2. The maximum atomic E-state index is 5.95. The van der Waals surface area contributed by atoms with Crippen LogP contribution >= 0.6 is 0 Å². The Bertz CT molecular complexity index is 596. The smallest absolute Gasteiger partial charge is 0.126 e. The van der Waals surface area contributed by atoms with E-state index < -0.39 is 5.54 Å². The Labute approximate surface area is 145 Å². The van der Waals surface area contributed by atoms with Crippen molar-refractivity contribution in [1.29, 1.82) is 0 Å². The number of rotatable bonds is 10. The molecule has 1 radical (unpaired) electrons. The molecule has 3 N–H and O–H groups in total. The molecule has 4 nitrogen and oxygen atoms in total. The van der Waals surface area contributed by atoms with Crippen LogP contribution in [0.25, 0.3) is 11.3 Å². The van der Waals surface area contributed by atoms with Crippen molar-refractivity contribution in [3.05, 3.63) is 43.2 Å². The summed E-state index contributed by atoms with van der Waals surface area (Å²) in [6.45, 7) is 8.74. The van der Waals surface area contributed by atoms with Crippen molar-refractivity contribution in [3.63, 3.8) is 0 Å². The van der Waals surface area contributed by atoms with Gasteiger partial charge < -0.3 is 15.5 Å².